The number of rotatable bonds is 4. The summed E-state index contributed by atoms with van der Waals surface area (Å²) in [6.45, 7) is 6.49. The van der Waals surface area contributed by atoms with Gasteiger partial charge in [0, 0.05) is 22.6 Å². The number of hydrogen-bond acceptors (Lipinski definition) is 6. The lowest BCUT2D eigenvalue weighted by atomic mass is 9.68. The maximum absolute atomic E-state index is 13.4. The first kappa shape index (κ1) is 23.0. The first-order chi connectivity index (χ1) is 16.6. The molecule has 0 radical (unpaired) electrons. The predicted molar refractivity (Wildman–Crippen MR) is 133 cm³/mol. The third kappa shape index (κ3) is 3.38. The van der Waals surface area contributed by atoms with Crippen molar-refractivity contribution in [3.63, 3.8) is 0 Å². The Hall–Kier alpha value is -2.39. The van der Waals surface area contributed by atoms with Crippen LogP contribution in [0, 0.1) is 29.6 Å². The number of thioether (sulfide) groups is 1. The van der Waals surface area contributed by atoms with Gasteiger partial charge in [0.2, 0.25) is 11.8 Å². The Kier molecular flexibility index (Phi) is 5.14. The highest BCUT2D eigenvalue weighted by atomic mass is 32.2. The molecule has 6 rings (SSSR count). The number of likely N-dealkylation sites (tertiary alicyclic amines) is 1. The molecule has 7 nitrogen and oxygen atoms in total. The van der Waals surface area contributed by atoms with Crippen molar-refractivity contribution in [3.8, 4) is 0 Å². The Morgan fingerprint density at radius 1 is 1.09 bits per heavy atom. The van der Waals surface area contributed by atoms with Crippen LogP contribution in [0.4, 0.5) is 0 Å². The molecule has 0 unspecified atom stereocenters. The molecule has 2 aliphatic heterocycles. The van der Waals surface area contributed by atoms with Crippen molar-refractivity contribution in [2.24, 2.45) is 29.6 Å². The number of hydrogen-bond donors (Lipinski definition) is 2. The maximum atomic E-state index is 13.4. The molecule has 3 fully saturated rings. The fourth-order valence-electron chi connectivity index (χ4n) is 7.07. The van der Waals surface area contributed by atoms with E-state index in [1.807, 2.05) is 0 Å². The van der Waals surface area contributed by atoms with Gasteiger partial charge < -0.3 is 10.1 Å². The number of nitrogens with one attached hydrogen (secondary N) is 1. The van der Waals surface area contributed by atoms with E-state index in [1.165, 1.54) is 21.8 Å². The molecule has 1 saturated heterocycles. The fourth-order valence-corrected chi connectivity index (χ4v) is 9.96. The van der Waals surface area contributed by atoms with Crippen LogP contribution in [-0.4, -0.2) is 44.6 Å². The molecular formula is C26H28N2O5S2. The summed E-state index contributed by atoms with van der Waals surface area (Å²) in [5, 5.41) is 10.1. The van der Waals surface area contributed by atoms with Gasteiger partial charge in [-0.15, -0.1) is 11.8 Å². The van der Waals surface area contributed by atoms with Crippen LogP contribution < -0.4 is 4.87 Å². The largest absolute Gasteiger partial charge is 0.481 e. The molecule has 1 aromatic carbocycles. The minimum absolute atomic E-state index is 0.00106. The van der Waals surface area contributed by atoms with Crippen LogP contribution in [-0.2, 0) is 19.8 Å². The highest BCUT2D eigenvalue weighted by molar-refractivity contribution is 8.00. The second-order valence-corrected chi connectivity index (χ2v) is 13.5. The van der Waals surface area contributed by atoms with Crippen molar-refractivity contribution >= 4 is 40.9 Å². The van der Waals surface area contributed by atoms with Crippen molar-refractivity contribution in [1.29, 1.82) is 0 Å². The van der Waals surface area contributed by atoms with E-state index in [4.69, 9.17) is 5.11 Å². The number of carbonyl (C=O) groups is 3. The number of aromatic amines is 1. The number of H-pyrrole nitrogens is 1. The van der Waals surface area contributed by atoms with Gasteiger partial charge in [0.1, 0.15) is 0 Å². The number of aliphatic carboxylic acids is 1. The van der Waals surface area contributed by atoms with Crippen molar-refractivity contribution in [3.05, 3.63) is 49.9 Å². The molecule has 7 atom stereocenters. The van der Waals surface area contributed by atoms with E-state index in [-0.39, 0.29) is 75.8 Å². The van der Waals surface area contributed by atoms with Crippen LogP contribution in [0.15, 0.2) is 34.1 Å². The molecule has 3 heterocycles. The predicted octanol–water partition coefficient (Wildman–Crippen LogP) is 3.68. The smallest absolute Gasteiger partial charge is 0.305 e. The zero-order chi connectivity index (χ0) is 24.8. The van der Waals surface area contributed by atoms with Crippen LogP contribution in [0.2, 0.25) is 0 Å². The van der Waals surface area contributed by atoms with Crippen molar-refractivity contribution < 1.29 is 19.5 Å². The summed E-state index contributed by atoms with van der Waals surface area (Å²) in [4.78, 5) is 55.3. The normalized spacial score (nSPS) is 33.1. The minimum atomic E-state index is -1.01. The molecule has 2 bridgehead atoms. The molecule has 2 amide bonds. The molecule has 2 saturated carbocycles. The summed E-state index contributed by atoms with van der Waals surface area (Å²) in [6, 6.07) is 8.65. The Morgan fingerprint density at radius 3 is 2.37 bits per heavy atom. The number of carboxylic acid groups (broad SMARTS) is 1. The van der Waals surface area contributed by atoms with Gasteiger partial charge >= 0.3 is 10.8 Å². The molecular weight excluding hydrogens is 484 g/mol. The maximum Gasteiger partial charge on any atom is 0.305 e. The first-order valence-corrected chi connectivity index (χ1v) is 13.8. The number of nitrogens with zero attached hydrogens (tertiary/aromatic N) is 1. The number of aromatic nitrogens is 1. The summed E-state index contributed by atoms with van der Waals surface area (Å²) < 4.78 is 0. The zero-order valence-electron chi connectivity index (χ0n) is 19.8. The molecule has 4 aliphatic rings. The summed E-state index contributed by atoms with van der Waals surface area (Å²) in [6.07, 6.45) is 0.604. The third-order valence-corrected chi connectivity index (χ3v) is 11.1. The number of imide groups is 1. The minimum Gasteiger partial charge on any atom is -0.481 e. The highest BCUT2D eigenvalue weighted by Crippen LogP contribution is 2.68. The molecule has 184 valence electrons. The summed E-state index contributed by atoms with van der Waals surface area (Å²) in [5.74, 6) is -1.91. The number of thiazole rings is 1. The van der Waals surface area contributed by atoms with Crippen molar-refractivity contribution in [2.45, 2.75) is 55.2 Å². The van der Waals surface area contributed by atoms with E-state index >= 15 is 0 Å². The monoisotopic (exact) mass is 512 g/mol. The fraction of sp³-hybridized carbons (Fsp3) is 0.538. The van der Waals surface area contributed by atoms with E-state index < -0.39 is 5.97 Å². The molecule has 2 aliphatic carbocycles. The average molecular weight is 513 g/mol. The van der Waals surface area contributed by atoms with Crippen LogP contribution in [0.3, 0.4) is 0 Å². The average Bonchev–Trinajstić information content (AvgIpc) is 3.51. The lowest BCUT2D eigenvalue weighted by Crippen LogP contribution is -2.42. The van der Waals surface area contributed by atoms with Gasteiger partial charge in [-0.3, -0.25) is 24.1 Å². The summed E-state index contributed by atoms with van der Waals surface area (Å²) in [7, 11) is 0. The molecule has 1 aromatic heterocycles. The summed E-state index contributed by atoms with van der Waals surface area (Å²) >= 11 is 2.93. The van der Waals surface area contributed by atoms with Gasteiger partial charge in [-0.05, 0) is 40.7 Å². The van der Waals surface area contributed by atoms with Crippen LogP contribution in [0.25, 0.3) is 0 Å². The first-order valence-electron chi connectivity index (χ1n) is 12.1. The second kappa shape index (κ2) is 7.80. The standard InChI is InChI=1S/C26H28N2O5S2/c1-26(2,3)12-6-4-11(5-7-12)16-17-13-10-14(20(17)34-22-21(16)35-25(33)27-22)19-18(13)23(31)28(24(19)32)9-8-15(29)30/h4-7,13-14,16-20H,8-10H2,1-3H3,(H,27,33)(H,29,30)/t13-,14+,16+,17+,18+,19-,20-/m1/s1. The topological polar surface area (TPSA) is 108 Å². The van der Waals surface area contributed by atoms with Gasteiger partial charge in [0.15, 0.2) is 0 Å². The van der Waals surface area contributed by atoms with Crippen molar-refractivity contribution in [2.75, 3.05) is 6.54 Å². The van der Waals surface area contributed by atoms with Crippen LogP contribution >= 0.6 is 23.1 Å². The Balaban J connectivity index is 1.40. The molecule has 2 N–H and O–H groups in total. The SMILES string of the molecule is CC(C)(C)c1ccc([C@@H]2c3sc(=O)[nH]c3S[C@@H]3[C@H]4C[C@@H]([C@@H]5C(=O)N(CCC(=O)O)C(=O)[C@H]45)[C@@H]23)cc1. The van der Waals surface area contributed by atoms with Crippen LogP contribution in [0.5, 0.6) is 0 Å². The second-order valence-electron chi connectivity index (χ2n) is 11.3. The molecule has 0 spiro atoms. The van der Waals surface area contributed by atoms with Gasteiger partial charge in [0.05, 0.1) is 23.3 Å². The van der Waals surface area contributed by atoms with Gasteiger partial charge in [0.25, 0.3) is 0 Å². The van der Waals surface area contributed by atoms with E-state index in [0.29, 0.717) is 0 Å². The van der Waals surface area contributed by atoms with Crippen molar-refractivity contribution in [1.82, 2.24) is 9.88 Å². The van der Waals surface area contributed by atoms with E-state index in [1.54, 1.807) is 11.8 Å². The Bertz CT molecular complexity index is 1290. The van der Waals surface area contributed by atoms with Gasteiger partial charge in [-0.25, -0.2) is 0 Å². The van der Waals surface area contributed by atoms with E-state index in [9.17, 15) is 19.2 Å². The zero-order valence-corrected chi connectivity index (χ0v) is 21.4. The third-order valence-electron chi connectivity index (χ3n) is 8.50. The Morgan fingerprint density at radius 2 is 1.74 bits per heavy atom. The summed E-state index contributed by atoms with van der Waals surface area (Å²) in [5.41, 5.74) is 2.42. The number of benzene rings is 1. The van der Waals surface area contributed by atoms with E-state index in [0.717, 1.165) is 21.9 Å². The molecule has 2 aromatic rings. The Labute approximate surface area is 211 Å². The number of carboxylic acids is 1. The van der Waals surface area contributed by atoms with Gasteiger partial charge in [-0.1, -0.05) is 56.4 Å². The van der Waals surface area contributed by atoms with Gasteiger partial charge in [-0.2, -0.15) is 0 Å². The van der Waals surface area contributed by atoms with E-state index in [2.05, 4.69) is 50.0 Å². The molecule has 35 heavy (non-hydrogen) atoms. The number of fused-ring (bicyclic) bond motifs is 9. The quantitative estimate of drug-likeness (QED) is 0.605. The number of amides is 2. The lowest BCUT2D eigenvalue weighted by Gasteiger charge is -2.43. The molecule has 9 heteroatoms. The van der Waals surface area contributed by atoms with Crippen LogP contribution in [0.1, 0.15) is 55.5 Å². The highest BCUT2D eigenvalue weighted by Gasteiger charge is 2.69. The lowest BCUT2D eigenvalue weighted by molar-refractivity contribution is -0.142. The number of carbonyl (C=O) groups excluding carboxylic acids is 2.